The largest absolute Gasteiger partial charge is 0.573 e. The van der Waals surface area contributed by atoms with E-state index in [2.05, 4.69) is 14.8 Å². The average Bonchev–Trinajstić information content (AvgIpc) is 2.92. The van der Waals surface area contributed by atoms with Crippen molar-refractivity contribution in [3.63, 3.8) is 0 Å². The van der Waals surface area contributed by atoms with Crippen LogP contribution in [0.4, 0.5) is 24.9 Å². The van der Waals surface area contributed by atoms with E-state index in [1.54, 1.807) is 6.07 Å². The van der Waals surface area contributed by atoms with Crippen molar-refractivity contribution in [2.45, 2.75) is 49.0 Å². The van der Waals surface area contributed by atoms with E-state index in [1.807, 2.05) is 79.7 Å². The lowest BCUT2D eigenvalue weighted by atomic mass is 9.92. The smallest absolute Gasteiger partial charge is 0.405 e. The number of hydrogen-bond donors (Lipinski definition) is 2. The Morgan fingerprint density at radius 1 is 0.846 bits per heavy atom. The molecule has 0 saturated heterocycles. The zero-order valence-corrected chi connectivity index (χ0v) is 22.5. The Morgan fingerprint density at radius 3 is 2.26 bits per heavy atom. The fourth-order valence-electron chi connectivity index (χ4n) is 4.76. The molecule has 39 heavy (non-hydrogen) atoms. The number of fused-ring (bicyclic) bond motifs is 1. The van der Waals surface area contributed by atoms with Gasteiger partial charge in [-0.25, -0.2) is 4.98 Å². The minimum Gasteiger partial charge on any atom is -0.405 e. The van der Waals surface area contributed by atoms with E-state index < -0.39 is 6.36 Å². The second-order valence-corrected chi connectivity index (χ2v) is 10.7. The minimum atomic E-state index is -4.77. The summed E-state index contributed by atoms with van der Waals surface area (Å²) in [6.07, 6.45) is -1.24. The maximum Gasteiger partial charge on any atom is 0.573 e. The van der Waals surface area contributed by atoms with E-state index in [-0.39, 0.29) is 17.8 Å². The van der Waals surface area contributed by atoms with E-state index in [0.717, 1.165) is 48.0 Å². The van der Waals surface area contributed by atoms with Crippen molar-refractivity contribution in [2.24, 2.45) is 0 Å². The number of alkyl halides is 3. The maximum atomic E-state index is 13.2. The highest BCUT2D eigenvalue weighted by atomic mass is 32.2. The lowest BCUT2D eigenvalue weighted by Gasteiger charge is -2.30. The number of rotatable bonds is 8. The van der Waals surface area contributed by atoms with E-state index in [9.17, 15) is 13.2 Å². The molecule has 3 aromatic carbocycles. The van der Waals surface area contributed by atoms with Crippen molar-refractivity contribution in [2.75, 3.05) is 24.3 Å². The SMILES string of the molecule is CN(C)c1nc(NC2CCC(NSc3ccc(-c4ccccc4)cc3OC(F)(F)F)CC2)nc2ccccc12. The lowest BCUT2D eigenvalue weighted by Crippen LogP contribution is -2.34. The minimum absolute atomic E-state index is 0.162. The molecule has 5 rings (SSSR count). The molecule has 1 heterocycles. The van der Waals surface area contributed by atoms with Crippen LogP contribution >= 0.6 is 11.9 Å². The number of benzene rings is 3. The Morgan fingerprint density at radius 2 is 1.54 bits per heavy atom. The number of nitrogens with one attached hydrogen (secondary N) is 2. The lowest BCUT2D eigenvalue weighted by molar-refractivity contribution is -0.275. The van der Waals surface area contributed by atoms with Gasteiger partial charge in [0.25, 0.3) is 0 Å². The van der Waals surface area contributed by atoms with Crippen LogP contribution in [0.1, 0.15) is 25.7 Å². The highest BCUT2D eigenvalue weighted by molar-refractivity contribution is 7.97. The fourth-order valence-corrected chi connectivity index (χ4v) is 5.62. The molecule has 204 valence electrons. The summed E-state index contributed by atoms with van der Waals surface area (Å²) in [5.74, 6) is 1.27. The molecule has 4 aromatic rings. The molecule has 0 bridgehead atoms. The summed E-state index contributed by atoms with van der Waals surface area (Å²) in [5, 5.41) is 4.49. The molecule has 0 atom stereocenters. The first kappa shape index (κ1) is 27.1. The standard InChI is InChI=1S/C29H30F3N5OS/c1-37(2)27-23-10-6-7-11-24(23)34-28(35-27)33-21-13-15-22(16-14-21)36-39-26-17-12-20(19-8-4-3-5-9-19)18-25(26)38-29(30,31)32/h3-12,17-18,21-22,36H,13-16H2,1-2H3,(H,33,34,35). The molecule has 2 N–H and O–H groups in total. The Labute approximate surface area is 230 Å². The summed E-state index contributed by atoms with van der Waals surface area (Å²) in [5.41, 5.74) is 2.38. The van der Waals surface area contributed by atoms with Gasteiger partial charge in [-0.2, -0.15) is 4.98 Å². The van der Waals surface area contributed by atoms with Gasteiger partial charge in [0.2, 0.25) is 5.95 Å². The van der Waals surface area contributed by atoms with Crippen molar-refractivity contribution in [3.05, 3.63) is 72.8 Å². The van der Waals surface area contributed by atoms with E-state index in [0.29, 0.717) is 16.4 Å². The summed E-state index contributed by atoms with van der Waals surface area (Å²) in [4.78, 5) is 11.8. The van der Waals surface area contributed by atoms with Gasteiger partial charge in [0, 0.05) is 31.6 Å². The Balaban J connectivity index is 1.21. The zero-order valence-electron chi connectivity index (χ0n) is 21.7. The normalized spacial score (nSPS) is 17.7. The van der Waals surface area contributed by atoms with Crippen LogP contribution in [0.2, 0.25) is 0 Å². The average molecular weight is 554 g/mol. The number of nitrogens with zero attached hydrogens (tertiary/aromatic N) is 3. The number of hydrogen-bond acceptors (Lipinski definition) is 7. The first-order valence-corrected chi connectivity index (χ1v) is 13.6. The molecule has 6 nitrogen and oxygen atoms in total. The van der Waals surface area contributed by atoms with Gasteiger partial charge in [-0.05, 0) is 73.0 Å². The molecule has 10 heteroatoms. The Kier molecular flexibility index (Phi) is 8.13. The monoisotopic (exact) mass is 553 g/mol. The second kappa shape index (κ2) is 11.7. The van der Waals surface area contributed by atoms with Crippen LogP contribution in [0.25, 0.3) is 22.0 Å². The van der Waals surface area contributed by atoms with Gasteiger partial charge in [0.15, 0.2) is 0 Å². The molecule has 1 fully saturated rings. The molecule has 0 unspecified atom stereocenters. The van der Waals surface area contributed by atoms with Gasteiger partial charge >= 0.3 is 6.36 Å². The topological polar surface area (TPSA) is 62.3 Å². The molecule has 1 saturated carbocycles. The number of ether oxygens (including phenoxy) is 1. The fraction of sp³-hybridized carbons (Fsp3) is 0.310. The molecular weight excluding hydrogens is 523 g/mol. The van der Waals surface area contributed by atoms with E-state index >= 15 is 0 Å². The number of halogens is 3. The van der Waals surface area contributed by atoms with Gasteiger partial charge in [0.05, 0.1) is 10.4 Å². The predicted octanol–water partition coefficient (Wildman–Crippen LogP) is 7.28. The molecule has 0 radical (unpaired) electrons. The van der Waals surface area contributed by atoms with Crippen molar-refractivity contribution in [1.29, 1.82) is 0 Å². The molecule has 0 spiro atoms. The third-order valence-corrected chi connectivity index (χ3v) is 7.69. The summed E-state index contributed by atoms with van der Waals surface area (Å²) < 4.78 is 47.2. The third kappa shape index (κ3) is 6.93. The number of aromatic nitrogens is 2. The van der Waals surface area contributed by atoms with Crippen LogP contribution in [0.5, 0.6) is 5.75 Å². The third-order valence-electron chi connectivity index (χ3n) is 6.68. The molecule has 0 aliphatic heterocycles. The van der Waals surface area contributed by atoms with Crippen molar-refractivity contribution >= 4 is 34.6 Å². The quantitative estimate of drug-likeness (QED) is 0.222. The van der Waals surface area contributed by atoms with Crippen LogP contribution in [0.3, 0.4) is 0 Å². The van der Waals surface area contributed by atoms with Crippen LogP contribution in [0.15, 0.2) is 77.7 Å². The molecule has 1 aliphatic carbocycles. The Hall–Kier alpha value is -3.50. The first-order chi connectivity index (χ1) is 18.7. The predicted molar refractivity (Wildman–Crippen MR) is 151 cm³/mol. The zero-order chi connectivity index (χ0) is 27.4. The van der Waals surface area contributed by atoms with Crippen LogP contribution in [-0.4, -0.2) is 42.5 Å². The summed E-state index contributed by atoms with van der Waals surface area (Å²) in [6, 6.07) is 22.5. The molecule has 0 amide bonds. The summed E-state index contributed by atoms with van der Waals surface area (Å²) in [7, 11) is 3.93. The van der Waals surface area contributed by atoms with E-state index in [4.69, 9.17) is 9.97 Å². The van der Waals surface area contributed by atoms with Crippen molar-refractivity contribution in [1.82, 2.24) is 14.7 Å². The van der Waals surface area contributed by atoms with Gasteiger partial charge in [-0.15, -0.1) is 13.2 Å². The number of anilines is 2. The molecule has 1 aliphatic rings. The van der Waals surface area contributed by atoms with Gasteiger partial charge in [-0.1, -0.05) is 48.5 Å². The van der Waals surface area contributed by atoms with Crippen LogP contribution in [-0.2, 0) is 0 Å². The maximum absolute atomic E-state index is 13.2. The number of para-hydroxylation sites is 1. The second-order valence-electron chi connectivity index (χ2n) is 9.77. The van der Waals surface area contributed by atoms with Crippen molar-refractivity contribution in [3.8, 4) is 16.9 Å². The molecular formula is C29H30F3N5OS. The highest BCUT2D eigenvalue weighted by Crippen LogP contribution is 2.37. The van der Waals surface area contributed by atoms with Crippen molar-refractivity contribution < 1.29 is 17.9 Å². The highest BCUT2D eigenvalue weighted by Gasteiger charge is 2.32. The van der Waals surface area contributed by atoms with Gasteiger partial charge < -0.3 is 15.0 Å². The van der Waals surface area contributed by atoms with Crippen LogP contribution in [0, 0.1) is 0 Å². The molecule has 1 aromatic heterocycles. The van der Waals surface area contributed by atoms with Gasteiger partial charge in [-0.3, -0.25) is 4.72 Å². The van der Waals surface area contributed by atoms with Crippen LogP contribution < -0.4 is 19.7 Å². The Bertz CT molecular complexity index is 1410. The summed E-state index contributed by atoms with van der Waals surface area (Å²) in [6.45, 7) is 0. The first-order valence-electron chi connectivity index (χ1n) is 12.8. The van der Waals surface area contributed by atoms with E-state index in [1.165, 1.54) is 18.0 Å². The van der Waals surface area contributed by atoms with Gasteiger partial charge in [0.1, 0.15) is 11.6 Å². The summed E-state index contributed by atoms with van der Waals surface area (Å²) >= 11 is 1.18.